The number of nitrogens with zero attached hydrogens (tertiary/aromatic N) is 3. The number of benzene rings is 1. The number of hydrogen-bond acceptors (Lipinski definition) is 9. The van der Waals surface area contributed by atoms with E-state index >= 15 is 0 Å². The van der Waals surface area contributed by atoms with E-state index in [1.54, 1.807) is 6.92 Å². The van der Waals surface area contributed by atoms with Gasteiger partial charge in [0.1, 0.15) is 17.2 Å². The summed E-state index contributed by atoms with van der Waals surface area (Å²) in [5.41, 5.74) is -0.223. The average Bonchev–Trinajstić information content (AvgIpc) is 3.26. The molecule has 34 heavy (non-hydrogen) atoms. The van der Waals surface area contributed by atoms with Crippen molar-refractivity contribution in [2.75, 3.05) is 5.32 Å². The molecule has 0 radical (unpaired) electrons. The van der Waals surface area contributed by atoms with Crippen LogP contribution in [0.25, 0.3) is 11.4 Å². The van der Waals surface area contributed by atoms with Gasteiger partial charge in [-0.05, 0) is 31.2 Å². The minimum Gasteiger partial charge on any atom is -0.480 e. The van der Waals surface area contributed by atoms with Crippen LogP contribution in [0.4, 0.5) is 10.5 Å². The molecule has 4 aromatic rings. The fraction of sp³-hybridized carbons (Fsp3) is 0.227. The first kappa shape index (κ1) is 21.5. The molecule has 1 amide bonds. The van der Waals surface area contributed by atoms with Crippen LogP contribution in [0.1, 0.15) is 49.0 Å². The molecule has 12 heteroatoms. The number of hydrogen-bond donors (Lipinski definition) is 2. The lowest BCUT2D eigenvalue weighted by molar-refractivity contribution is -0.140. The van der Waals surface area contributed by atoms with E-state index < -0.39 is 23.6 Å². The molecule has 1 fully saturated rings. The third-order valence-electron chi connectivity index (χ3n) is 5.26. The number of fused-ring (bicyclic) bond motifs is 1. The van der Waals surface area contributed by atoms with E-state index in [0.29, 0.717) is 12.8 Å². The van der Waals surface area contributed by atoms with Crippen LogP contribution in [-0.4, -0.2) is 32.3 Å². The Labute approximate surface area is 196 Å². The Hall–Kier alpha value is -4.30. The molecule has 1 aliphatic rings. The number of halogens is 1. The molecule has 3 heterocycles. The molecule has 0 bridgehead atoms. The first-order valence-electron chi connectivity index (χ1n) is 10.1. The molecule has 1 aliphatic carbocycles. The van der Waals surface area contributed by atoms with E-state index in [1.807, 2.05) is 30.3 Å². The van der Waals surface area contributed by atoms with E-state index in [1.165, 1.54) is 0 Å². The van der Waals surface area contributed by atoms with Gasteiger partial charge in [0.2, 0.25) is 11.7 Å². The summed E-state index contributed by atoms with van der Waals surface area (Å²) in [6, 6.07) is 9.19. The van der Waals surface area contributed by atoms with Gasteiger partial charge in [0.15, 0.2) is 5.15 Å². The number of aliphatic carboxylic acids is 1. The normalized spacial score (nSPS) is 14.8. The molecule has 0 saturated heterocycles. The third-order valence-corrected chi connectivity index (χ3v) is 5.52. The van der Waals surface area contributed by atoms with Crippen LogP contribution < -0.4 is 5.32 Å². The fourth-order valence-electron chi connectivity index (χ4n) is 3.20. The number of carbonyl (C=O) groups is 2. The fourth-order valence-corrected chi connectivity index (χ4v) is 3.37. The first-order valence-corrected chi connectivity index (χ1v) is 10.4. The number of oxazole rings is 2. The van der Waals surface area contributed by atoms with Crippen molar-refractivity contribution in [1.82, 2.24) is 15.1 Å². The molecule has 3 aromatic heterocycles. The van der Waals surface area contributed by atoms with Crippen LogP contribution in [-0.2, 0) is 14.9 Å². The van der Waals surface area contributed by atoms with Gasteiger partial charge in [-0.15, -0.1) is 0 Å². The molecule has 1 aromatic carbocycles. The number of rotatable bonds is 5. The average molecular weight is 483 g/mol. The summed E-state index contributed by atoms with van der Waals surface area (Å²) >= 11 is 6.01. The summed E-state index contributed by atoms with van der Waals surface area (Å²) in [6.07, 6.45) is -0.410. The van der Waals surface area contributed by atoms with Gasteiger partial charge in [-0.25, -0.2) is 4.79 Å². The molecule has 2 N–H and O–H groups in total. The van der Waals surface area contributed by atoms with E-state index in [4.69, 9.17) is 29.7 Å². The molecule has 1 unspecified atom stereocenters. The smallest absolute Gasteiger partial charge is 0.412 e. The topological polar surface area (TPSA) is 154 Å². The zero-order valence-electron chi connectivity index (χ0n) is 17.5. The third kappa shape index (κ3) is 3.95. The van der Waals surface area contributed by atoms with Gasteiger partial charge in [0, 0.05) is 5.92 Å². The molecule has 0 aliphatic heterocycles. The standard InChI is InChI=1S/C22H15ClN4O7/c1-11(12-5-3-2-4-6-12)31-21(30)25-15-13(34-27-16(15)23)7-8-14-24-17-18(32-14)26-19(33-17)22(9-10-22)20(28)29/h2-6,11H,9-10H2,1H3,(H,25,30)(H,28,29). The summed E-state index contributed by atoms with van der Waals surface area (Å²) < 4.78 is 21.3. The Bertz CT molecular complexity index is 1430. The maximum Gasteiger partial charge on any atom is 0.412 e. The van der Waals surface area contributed by atoms with Crippen LogP contribution >= 0.6 is 11.6 Å². The van der Waals surface area contributed by atoms with Crippen molar-refractivity contribution in [3.05, 3.63) is 58.6 Å². The number of aromatic nitrogens is 3. The molecule has 1 saturated carbocycles. The number of ether oxygens (including phenoxy) is 1. The second kappa shape index (κ2) is 8.24. The maximum atomic E-state index is 12.3. The zero-order chi connectivity index (χ0) is 23.9. The number of carboxylic acid groups (broad SMARTS) is 1. The molecule has 0 spiro atoms. The van der Waals surface area contributed by atoms with Crippen molar-refractivity contribution in [2.24, 2.45) is 0 Å². The minimum atomic E-state index is -1.11. The van der Waals surface area contributed by atoms with Crippen LogP contribution in [0.5, 0.6) is 0 Å². The highest BCUT2D eigenvalue weighted by Gasteiger charge is 2.56. The lowest BCUT2D eigenvalue weighted by Gasteiger charge is -2.13. The number of anilines is 1. The van der Waals surface area contributed by atoms with Crippen LogP contribution in [0, 0.1) is 11.8 Å². The van der Waals surface area contributed by atoms with Crippen molar-refractivity contribution < 1.29 is 32.8 Å². The summed E-state index contributed by atoms with van der Waals surface area (Å²) in [4.78, 5) is 31.9. The Morgan fingerprint density at radius 2 is 1.91 bits per heavy atom. The first-order chi connectivity index (χ1) is 16.4. The van der Waals surface area contributed by atoms with Crippen molar-refractivity contribution in [3.8, 4) is 11.8 Å². The van der Waals surface area contributed by atoms with E-state index in [-0.39, 0.29) is 39.8 Å². The van der Waals surface area contributed by atoms with E-state index in [2.05, 4.69) is 32.3 Å². The number of carbonyl (C=O) groups excluding carboxylic acids is 1. The SMILES string of the molecule is CC(OC(=O)Nc1c(Cl)noc1C#Cc1nc2oc(C3(C(=O)O)CC3)nc2o1)c1ccccc1. The molecule has 5 rings (SSSR count). The molecule has 172 valence electrons. The predicted octanol–water partition coefficient (Wildman–Crippen LogP) is 4.28. The van der Waals surface area contributed by atoms with Crippen LogP contribution in [0.3, 0.4) is 0 Å². The Balaban J connectivity index is 1.30. The summed E-state index contributed by atoms with van der Waals surface area (Å²) in [5, 5.41) is 15.3. The largest absolute Gasteiger partial charge is 0.480 e. The lowest BCUT2D eigenvalue weighted by Crippen LogP contribution is -2.19. The maximum absolute atomic E-state index is 12.3. The Morgan fingerprint density at radius 3 is 2.59 bits per heavy atom. The van der Waals surface area contributed by atoms with Gasteiger partial charge in [0.25, 0.3) is 17.3 Å². The number of nitrogens with one attached hydrogen (secondary N) is 1. The number of carboxylic acids is 1. The highest BCUT2D eigenvalue weighted by molar-refractivity contribution is 6.32. The van der Waals surface area contributed by atoms with Gasteiger partial charge >= 0.3 is 12.1 Å². The van der Waals surface area contributed by atoms with Gasteiger partial charge in [-0.2, -0.15) is 9.97 Å². The lowest BCUT2D eigenvalue weighted by atomic mass is 10.1. The highest BCUT2D eigenvalue weighted by Crippen LogP contribution is 2.48. The van der Waals surface area contributed by atoms with E-state index in [0.717, 1.165) is 5.56 Å². The van der Waals surface area contributed by atoms with Crippen molar-refractivity contribution in [1.29, 1.82) is 0 Å². The summed E-state index contributed by atoms with van der Waals surface area (Å²) in [5.74, 6) is 4.14. The summed E-state index contributed by atoms with van der Waals surface area (Å²) in [7, 11) is 0. The van der Waals surface area contributed by atoms with Crippen LogP contribution in [0.15, 0.2) is 43.7 Å². The van der Waals surface area contributed by atoms with E-state index in [9.17, 15) is 14.7 Å². The molecular formula is C22H15ClN4O7. The summed E-state index contributed by atoms with van der Waals surface area (Å²) in [6.45, 7) is 1.73. The van der Waals surface area contributed by atoms with Crippen molar-refractivity contribution in [2.45, 2.75) is 31.3 Å². The minimum absolute atomic E-state index is 0.0206. The van der Waals surface area contributed by atoms with Gasteiger partial charge < -0.3 is 23.2 Å². The second-order valence-electron chi connectivity index (χ2n) is 7.55. The molecular weight excluding hydrogens is 468 g/mol. The molecule has 1 atom stereocenters. The van der Waals surface area contributed by atoms with Crippen molar-refractivity contribution in [3.63, 3.8) is 0 Å². The quantitative estimate of drug-likeness (QED) is 0.394. The monoisotopic (exact) mass is 482 g/mol. The Kier molecular flexibility index (Phi) is 5.22. The highest BCUT2D eigenvalue weighted by atomic mass is 35.5. The van der Waals surface area contributed by atoms with Gasteiger partial charge in [-0.3, -0.25) is 10.1 Å². The molecule has 11 nitrogen and oxygen atoms in total. The Morgan fingerprint density at radius 1 is 1.18 bits per heavy atom. The predicted molar refractivity (Wildman–Crippen MR) is 115 cm³/mol. The van der Waals surface area contributed by atoms with Gasteiger partial charge in [0.05, 0.1) is 0 Å². The van der Waals surface area contributed by atoms with Crippen LogP contribution in [0.2, 0.25) is 5.15 Å². The number of amides is 1. The second-order valence-corrected chi connectivity index (χ2v) is 7.90. The zero-order valence-corrected chi connectivity index (χ0v) is 18.3. The van der Waals surface area contributed by atoms with Crippen molar-refractivity contribution >= 4 is 40.8 Å². The van der Waals surface area contributed by atoms with Gasteiger partial charge in [-0.1, -0.05) is 47.1 Å².